The van der Waals surface area contributed by atoms with Gasteiger partial charge in [0.05, 0.1) is 25.3 Å². The largest absolute Gasteiger partial charge is 0.370 e. The first-order valence-electron chi connectivity index (χ1n) is 8.21. The molecule has 132 valence electrons. The van der Waals surface area contributed by atoms with Crippen molar-refractivity contribution in [1.82, 2.24) is 10.3 Å². The normalized spacial score (nSPS) is 16.4. The minimum Gasteiger partial charge on any atom is -0.370 e. The number of rotatable bonds is 5. The number of amides is 1. The summed E-state index contributed by atoms with van der Waals surface area (Å²) < 4.78 is 18.7. The average Bonchev–Trinajstić information content (AvgIpc) is 2.64. The van der Waals surface area contributed by atoms with Crippen molar-refractivity contribution in [1.29, 1.82) is 0 Å². The van der Waals surface area contributed by atoms with Gasteiger partial charge in [0.25, 0.3) is 5.91 Å². The molecule has 25 heavy (non-hydrogen) atoms. The molecule has 0 aliphatic carbocycles. The second-order valence-corrected chi connectivity index (χ2v) is 6.28. The van der Waals surface area contributed by atoms with Crippen molar-refractivity contribution < 1.29 is 18.8 Å². The molecule has 1 aromatic heterocycles. The van der Waals surface area contributed by atoms with E-state index >= 15 is 0 Å². The Labute approximate surface area is 150 Å². The lowest BCUT2D eigenvalue weighted by Crippen LogP contribution is -3.15. The highest BCUT2D eigenvalue weighted by Crippen LogP contribution is 2.13. The van der Waals surface area contributed by atoms with E-state index < -0.39 is 0 Å². The molecule has 7 heteroatoms. The lowest BCUT2D eigenvalue weighted by Gasteiger charge is -2.32. The first-order valence-corrected chi connectivity index (χ1v) is 8.59. The van der Waals surface area contributed by atoms with Crippen molar-refractivity contribution in [3.05, 3.63) is 64.7 Å². The van der Waals surface area contributed by atoms with Gasteiger partial charge in [0.15, 0.2) is 0 Å². The van der Waals surface area contributed by atoms with E-state index in [0.717, 1.165) is 18.7 Å². The smallest absolute Gasteiger partial charge is 0.254 e. The molecule has 0 bridgehead atoms. The van der Waals surface area contributed by atoms with Crippen molar-refractivity contribution >= 4 is 17.5 Å². The van der Waals surface area contributed by atoms with Crippen LogP contribution in [0.5, 0.6) is 0 Å². The number of nitrogens with zero attached hydrogens (tertiary/aromatic N) is 1. The number of nitrogens with one attached hydrogen (secondary N) is 2. The Morgan fingerprint density at radius 3 is 2.68 bits per heavy atom. The van der Waals surface area contributed by atoms with Crippen LogP contribution < -0.4 is 10.2 Å². The van der Waals surface area contributed by atoms with E-state index in [1.165, 1.54) is 23.2 Å². The fourth-order valence-corrected chi connectivity index (χ4v) is 3.23. The number of hydrogen-bond acceptors (Lipinski definition) is 3. The van der Waals surface area contributed by atoms with Gasteiger partial charge in [-0.25, -0.2) is 9.37 Å². The maximum absolute atomic E-state index is 13.3. The molecular formula is C18H20ClFN3O2+. The van der Waals surface area contributed by atoms with Crippen LogP contribution in [0.2, 0.25) is 5.15 Å². The number of morpholine rings is 1. The molecule has 5 nitrogen and oxygen atoms in total. The third-order valence-electron chi connectivity index (χ3n) is 4.37. The second kappa shape index (κ2) is 8.38. The molecule has 1 saturated heterocycles. The van der Waals surface area contributed by atoms with Crippen LogP contribution in [0.25, 0.3) is 0 Å². The topological polar surface area (TPSA) is 55.7 Å². The number of benzene rings is 1. The molecule has 2 heterocycles. The number of aromatic nitrogens is 1. The Morgan fingerprint density at radius 1 is 1.28 bits per heavy atom. The third kappa shape index (κ3) is 4.54. The number of carbonyl (C=O) groups excluding carboxylic acids is 1. The molecule has 2 N–H and O–H groups in total. The van der Waals surface area contributed by atoms with Crippen molar-refractivity contribution in [2.75, 3.05) is 32.8 Å². The minimum absolute atomic E-state index is 0.0175. The molecule has 1 amide bonds. The zero-order chi connectivity index (χ0) is 17.6. The number of carbonyl (C=O) groups is 1. The average molecular weight is 365 g/mol. The Hall–Kier alpha value is -2.02. The van der Waals surface area contributed by atoms with Gasteiger partial charge in [-0.05, 0) is 24.3 Å². The van der Waals surface area contributed by atoms with Gasteiger partial charge in [0, 0.05) is 11.8 Å². The van der Waals surface area contributed by atoms with E-state index in [9.17, 15) is 9.18 Å². The lowest BCUT2D eigenvalue weighted by atomic mass is 10.0. The summed E-state index contributed by atoms with van der Waals surface area (Å²) in [7, 11) is 0. The van der Waals surface area contributed by atoms with Gasteiger partial charge in [-0.3, -0.25) is 4.79 Å². The van der Waals surface area contributed by atoms with Gasteiger partial charge in [-0.1, -0.05) is 23.7 Å². The van der Waals surface area contributed by atoms with Crippen molar-refractivity contribution in [3.8, 4) is 0 Å². The van der Waals surface area contributed by atoms with Gasteiger partial charge < -0.3 is 15.0 Å². The van der Waals surface area contributed by atoms with Crippen LogP contribution in [0.4, 0.5) is 4.39 Å². The molecule has 1 aromatic carbocycles. The molecule has 1 aliphatic heterocycles. The Morgan fingerprint density at radius 2 is 2.00 bits per heavy atom. The second-order valence-electron chi connectivity index (χ2n) is 5.93. The summed E-state index contributed by atoms with van der Waals surface area (Å²) in [4.78, 5) is 17.6. The summed E-state index contributed by atoms with van der Waals surface area (Å²) in [6, 6.07) is 9.76. The van der Waals surface area contributed by atoms with Crippen molar-refractivity contribution in [2.45, 2.75) is 6.04 Å². The molecule has 0 spiro atoms. The lowest BCUT2D eigenvalue weighted by molar-refractivity contribution is -0.937. The highest BCUT2D eigenvalue weighted by molar-refractivity contribution is 6.32. The first kappa shape index (κ1) is 17.8. The van der Waals surface area contributed by atoms with Crippen LogP contribution in [0, 0.1) is 5.82 Å². The SMILES string of the molecule is O=C(NC[C@H](c1ccc(F)cc1)[NH+]1CCOCC1)c1cccnc1Cl. The summed E-state index contributed by atoms with van der Waals surface area (Å²) in [6.07, 6.45) is 1.54. The first-order chi connectivity index (χ1) is 12.1. The summed E-state index contributed by atoms with van der Waals surface area (Å²) in [5.41, 5.74) is 1.33. The number of hydrogen-bond donors (Lipinski definition) is 2. The van der Waals surface area contributed by atoms with Gasteiger partial charge >= 0.3 is 0 Å². The van der Waals surface area contributed by atoms with Crippen LogP contribution in [0.1, 0.15) is 22.0 Å². The number of halogens is 2. The standard InChI is InChI=1S/C18H19ClFN3O2/c19-17-15(2-1-7-21-17)18(24)22-12-16(23-8-10-25-11-9-23)13-3-5-14(20)6-4-13/h1-7,16H,8-12H2,(H,22,24)/p+1/t16-/m1/s1. The van der Waals surface area contributed by atoms with Crippen molar-refractivity contribution in [2.24, 2.45) is 0 Å². The Kier molecular flexibility index (Phi) is 5.96. The third-order valence-corrected chi connectivity index (χ3v) is 4.67. The van der Waals surface area contributed by atoms with E-state index in [2.05, 4.69) is 10.3 Å². The molecule has 1 fully saturated rings. The summed E-state index contributed by atoms with van der Waals surface area (Å²) >= 11 is 5.98. The van der Waals surface area contributed by atoms with Gasteiger partial charge in [0.2, 0.25) is 0 Å². The molecule has 1 atom stereocenters. The predicted molar refractivity (Wildman–Crippen MR) is 92.2 cm³/mol. The van der Waals surface area contributed by atoms with Crippen LogP contribution in [0.3, 0.4) is 0 Å². The van der Waals surface area contributed by atoms with Crippen LogP contribution >= 0.6 is 11.6 Å². The van der Waals surface area contributed by atoms with E-state index in [1.807, 2.05) is 0 Å². The van der Waals surface area contributed by atoms with Crippen LogP contribution in [-0.2, 0) is 4.74 Å². The highest BCUT2D eigenvalue weighted by atomic mass is 35.5. The minimum atomic E-state index is -0.273. The predicted octanol–water partition coefficient (Wildman–Crippen LogP) is 1.26. The zero-order valence-electron chi connectivity index (χ0n) is 13.7. The maximum atomic E-state index is 13.3. The van der Waals surface area contributed by atoms with Crippen LogP contribution in [-0.4, -0.2) is 43.7 Å². The monoisotopic (exact) mass is 364 g/mol. The van der Waals surface area contributed by atoms with Gasteiger partial charge in [-0.15, -0.1) is 0 Å². The van der Waals surface area contributed by atoms with Gasteiger partial charge in [0.1, 0.15) is 30.1 Å². The Bertz CT molecular complexity index is 721. The molecule has 2 aromatic rings. The van der Waals surface area contributed by atoms with E-state index in [0.29, 0.717) is 25.3 Å². The Balaban J connectivity index is 1.74. The van der Waals surface area contributed by atoms with Gasteiger partial charge in [-0.2, -0.15) is 0 Å². The van der Waals surface area contributed by atoms with E-state index in [1.54, 1.807) is 24.3 Å². The number of quaternary nitrogens is 1. The fraction of sp³-hybridized carbons (Fsp3) is 0.333. The molecule has 1 aliphatic rings. The molecular weight excluding hydrogens is 345 g/mol. The van der Waals surface area contributed by atoms with E-state index in [-0.39, 0.29) is 22.9 Å². The zero-order valence-corrected chi connectivity index (χ0v) is 14.4. The highest BCUT2D eigenvalue weighted by Gasteiger charge is 2.27. The van der Waals surface area contributed by atoms with Crippen molar-refractivity contribution in [3.63, 3.8) is 0 Å². The van der Waals surface area contributed by atoms with E-state index in [4.69, 9.17) is 16.3 Å². The maximum Gasteiger partial charge on any atom is 0.254 e. The van der Waals surface area contributed by atoms with Crippen LogP contribution in [0.15, 0.2) is 42.6 Å². The summed E-state index contributed by atoms with van der Waals surface area (Å²) in [6.45, 7) is 3.45. The fourth-order valence-electron chi connectivity index (χ4n) is 3.02. The molecule has 0 unspecified atom stereocenters. The number of pyridine rings is 1. The summed E-state index contributed by atoms with van der Waals surface area (Å²) in [5.74, 6) is -0.538. The number of ether oxygens (including phenoxy) is 1. The molecule has 0 radical (unpaired) electrons. The summed E-state index contributed by atoms with van der Waals surface area (Å²) in [5, 5.41) is 3.11. The quantitative estimate of drug-likeness (QED) is 0.785. The molecule has 0 saturated carbocycles. The molecule has 3 rings (SSSR count).